The van der Waals surface area contributed by atoms with Crippen molar-refractivity contribution in [3.63, 3.8) is 0 Å². The third-order valence-electron chi connectivity index (χ3n) is 3.94. The first-order valence-corrected chi connectivity index (χ1v) is 7.03. The Morgan fingerprint density at radius 1 is 1.05 bits per heavy atom. The maximum Gasteiger partial charge on any atom is 0.0435 e. The van der Waals surface area contributed by atoms with Crippen molar-refractivity contribution in [2.24, 2.45) is 0 Å². The summed E-state index contributed by atoms with van der Waals surface area (Å²) in [6.45, 7) is 4.00. The molecule has 1 nitrogen and oxygen atoms in total. The molecule has 3 rings (SSSR count). The van der Waals surface area contributed by atoms with Gasteiger partial charge >= 0.3 is 0 Å². The van der Waals surface area contributed by atoms with E-state index in [9.17, 15) is 0 Å². The van der Waals surface area contributed by atoms with E-state index in [2.05, 4.69) is 48.0 Å². The first-order chi connectivity index (χ1) is 9.38. The van der Waals surface area contributed by atoms with Crippen molar-refractivity contribution in [1.29, 1.82) is 0 Å². The van der Waals surface area contributed by atoms with Crippen LogP contribution in [0.5, 0.6) is 0 Å². The molecule has 1 aromatic carbocycles. The van der Waals surface area contributed by atoms with Crippen molar-refractivity contribution in [1.82, 2.24) is 4.98 Å². The first-order valence-electron chi connectivity index (χ1n) is 7.03. The lowest BCUT2D eigenvalue weighted by Crippen LogP contribution is -2.08. The number of rotatable bonds is 3. The second-order valence-corrected chi connectivity index (χ2v) is 5.21. The van der Waals surface area contributed by atoms with E-state index in [0.29, 0.717) is 0 Å². The lowest BCUT2D eigenvalue weighted by Gasteiger charge is -2.19. The normalized spacial score (nSPS) is 15.6. The summed E-state index contributed by atoms with van der Waals surface area (Å²) in [6.07, 6.45) is 8.94. The number of pyridine rings is 1. The van der Waals surface area contributed by atoms with Crippen LogP contribution in [0.2, 0.25) is 0 Å². The molecule has 0 bridgehead atoms. The molecule has 96 valence electrons. The van der Waals surface area contributed by atoms with E-state index in [0.717, 1.165) is 6.42 Å². The minimum atomic E-state index is 0.251. The van der Waals surface area contributed by atoms with Crippen molar-refractivity contribution >= 4 is 0 Å². The molecule has 0 amide bonds. The Labute approximate surface area is 115 Å². The van der Waals surface area contributed by atoms with E-state index in [4.69, 9.17) is 0 Å². The third-order valence-corrected chi connectivity index (χ3v) is 3.94. The number of nitrogens with zero attached hydrogens (tertiary/aromatic N) is 1. The predicted molar refractivity (Wildman–Crippen MR) is 79.4 cm³/mol. The van der Waals surface area contributed by atoms with Crippen LogP contribution < -0.4 is 0 Å². The molecular formula is C18H19N. The van der Waals surface area contributed by atoms with Gasteiger partial charge in [-0.1, -0.05) is 42.5 Å². The van der Waals surface area contributed by atoms with E-state index in [1.165, 1.54) is 41.6 Å². The van der Waals surface area contributed by atoms with Gasteiger partial charge in [0.05, 0.1) is 0 Å². The Hall–Kier alpha value is -1.89. The van der Waals surface area contributed by atoms with Crippen LogP contribution in [0.15, 0.2) is 55.3 Å². The van der Waals surface area contributed by atoms with Gasteiger partial charge in [-0.3, -0.25) is 4.98 Å². The lowest BCUT2D eigenvalue weighted by molar-refractivity contribution is 0.665. The number of allylic oxidation sites excluding steroid dienone is 1. The van der Waals surface area contributed by atoms with Gasteiger partial charge in [-0.15, -0.1) is 6.58 Å². The molecule has 1 heterocycles. The molecular weight excluding hydrogens is 230 g/mol. The monoisotopic (exact) mass is 249 g/mol. The van der Waals surface area contributed by atoms with Crippen LogP contribution in [0.4, 0.5) is 0 Å². The Bertz CT molecular complexity index is 571. The van der Waals surface area contributed by atoms with E-state index in [1.807, 2.05) is 12.3 Å². The molecule has 1 heteroatoms. The Morgan fingerprint density at radius 3 is 2.63 bits per heavy atom. The number of fused-ring (bicyclic) bond motifs is 1. The molecule has 1 aliphatic rings. The SMILES string of the molecule is C=CC(c1ccccc1)c1cnc2c(c1)CCCC2. The van der Waals surface area contributed by atoms with E-state index >= 15 is 0 Å². The molecule has 0 saturated heterocycles. The zero-order valence-electron chi connectivity index (χ0n) is 11.2. The second kappa shape index (κ2) is 5.40. The van der Waals surface area contributed by atoms with Gasteiger partial charge in [-0.25, -0.2) is 0 Å². The zero-order valence-corrected chi connectivity index (χ0v) is 11.2. The highest BCUT2D eigenvalue weighted by atomic mass is 14.7. The molecule has 0 N–H and O–H groups in total. The molecule has 0 aliphatic heterocycles. The summed E-state index contributed by atoms with van der Waals surface area (Å²) in [5.74, 6) is 0.251. The van der Waals surface area contributed by atoms with Crippen LogP contribution in [-0.4, -0.2) is 4.98 Å². The maximum absolute atomic E-state index is 4.67. The highest BCUT2D eigenvalue weighted by molar-refractivity contribution is 5.38. The fourth-order valence-corrected chi connectivity index (χ4v) is 2.90. The van der Waals surface area contributed by atoms with Gasteiger partial charge in [0.25, 0.3) is 0 Å². The van der Waals surface area contributed by atoms with E-state index in [-0.39, 0.29) is 5.92 Å². The number of hydrogen-bond donors (Lipinski definition) is 0. The molecule has 1 aliphatic carbocycles. The molecule has 19 heavy (non-hydrogen) atoms. The highest BCUT2D eigenvalue weighted by Crippen LogP contribution is 2.28. The number of benzene rings is 1. The second-order valence-electron chi connectivity index (χ2n) is 5.21. The fourth-order valence-electron chi connectivity index (χ4n) is 2.90. The standard InChI is InChI=1S/C18H19N/c1-2-17(14-8-4-3-5-9-14)16-12-15-10-6-7-11-18(15)19-13-16/h2-5,8-9,12-13,17H,1,6-7,10-11H2. The summed E-state index contributed by atoms with van der Waals surface area (Å²) in [5, 5.41) is 0. The minimum Gasteiger partial charge on any atom is -0.261 e. The van der Waals surface area contributed by atoms with Crippen LogP contribution in [0.25, 0.3) is 0 Å². The quantitative estimate of drug-likeness (QED) is 0.740. The van der Waals surface area contributed by atoms with Gasteiger partial charge in [-0.05, 0) is 42.4 Å². The lowest BCUT2D eigenvalue weighted by atomic mass is 9.88. The Balaban J connectivity index is 1.98. The van der Waals surface area contributed by atoms with Crippen LogP contribution in [0.1, 0.15) is 41.1 Å². The first kappa shape index (κ1) is 12.2. The zero-order chi connectivity index (χ0) is 13.1. The minimum absolute atomic E-state index is 0.251. The molecule has 1 atom stereocenters. The maximum atomic E-state index is 4.67. The molecule has 1 unspecified atom stereocenters. The van der Waals surface area contributed by atoms with Gasteiger partial charge in [0.15, 0.2) is 0 Å². The smallest absolute Gasteiger partial charge is 0.0435 e. The van der Waals surface area contributed by atoms with Gasteiger partial charge in [0.1, 0.15) is 0 Å². The fraction of sp³-hybridized carbons (Fsp3) is 0.278. The topological polar surface area (TPSA) is 12.9 Å². The largest absolute Gasteiger partial charge is 0.261 e. The summed E-state index contributed by atoms with van der Waals surface area (Å²) < 4.78 is 0. The summed E-state index contributed by atoms with van der Waals surface area (Å²) in [4.78, 5) is 4.67. The van der Waals surface area contributed by atoms with Crippen LogP contribution >= 0.6 is 0 Å². The summed E-state index contributed by atoms with van der Waals surface area (Å²) in [6, 6.07) is 12.9. The summed E-state index contributed by atoms with van der Waals surface area (Å²) in [7, 11) is 0. The van der Waals surface area contributed by atoms with Crippen molar-refractivity contribution in [3.8, 4) is 0 Å². The number of aromatic nitrogens is 1. The number of aryl methyl sites for hydroxylation is 2. The molecule has 2 aromatic rings. The summed E-state index contributed by atoms with van der Waals surface area (Å²) >= 11 is 0. The third kappa shape index (κ3) is 2.46. The molecule has 0 radical (unpaired) electrons. The van der Waals surface area contributed by atoms with Gasteiger partial charge < -0.3 is 0 Å². The molecule has 0 spiro atoms. The van der Waals surface area contributed by atoms with Crippen molar-refractivity contribution < 1.29 is 0 Å². The molecule has 1 aromatic heterocycles. The molecule has 0 fully saturated rings. The van der Waals surface area contributed by atoms with Crippen LogP contribution in [0, 0.1) is 0 Å². The van der Waals surface area contributed by atoms with Gasteiger partial charge in [0, 0.05) is 17.8 Å². The van der Waals surface area contributed by atoms with Gasteiger partial charge in [0.2, 0.25) is 0 Å². The van der Waals surface area contributed by atoms with Gasteiger partial charge in [-0.2, -0.15) is 0 Å². The van der Waals surface area contributed by atoms with Crippen LogP contribution in [0.3, 0.4) is 0 Å². The Morgan fingerprint density at radius 2 is 1.84 bits per heavy atom. The van der Waals surface area contributed by atoms with Crippen molar-refractivity contribution in [3.05, 3.63) is 77.6 Å². The average Bonchev–Trinajstić information content (AvgIpc) is 2.49. The van der Waals surface area contributed by atoms with Crippen molar-refractivity contribution in [2.45, 2.75) is 31.6 Å². The van der Waals surface area contributed by atoms with E-state index < -0.39 is 0 Å². The summed E-state index contributed by atoms with van der Waals surface area (Å²) in [5.41, 5.74) is 5.29. The Kier molecular flexibility index (Phi) is 3.45. The molecule has 0 saturated carbocycles. The van der Waals surface area contributed by atoms with Crippen molar-refractivity contribution in [2.75, 3.05) is 0 Å². The van der Waals surface area contributed by atoms with Crippen LogP contribution in [-0.2, 0) is 12.8 Å². The highest BCUT2D eigenvalue weighted by Gasteiger charge is 2.15. The number of hydrogen-bond acceptors (Lipinski definition) is 1. The van der Waals surface area contributed by atoms with E-state index in [1.54, 1.807) is 0 Å². The predicted octanol–water partition coefficient (Wildman–Crippen LogP) is 4.28. The average molecular weight is 249 g/mol.